The van der Waals surface area contributed by atoms with Gasteiger partial charge in [0.25, 0.3) is 10.0 Å². The number of hydrazone groups is 1. The molecule has 0 aliphatic rings. The van der Waals surface area contributed by atoms with Crippen LogP contribution in [0.1, 0.15) is 27.0 Å². The Morgan fingerprint density at radius 1 is 0.967 bits per heavy atom. The topological polar surface area (TPSA) is 84.8 Å². The number of hydrogen-bond donors (Lipinski definition) is 1. The van der Waals surface area contributed by atoms with Crippen molar-refractivity contribution in [2.45, 2.75) is 18.7 Å². The number of carbonyl (C=O) groups is 1. The number of carbonyl (C=O) groups excluding carboxylic acids is 1. The Bertz CT molecular complexity index is 1190. The molecule has 8 heteroatoms. The third-order valence-electron chi connectivity index (χ3n) is 4.17. The maximum absolute atomic E-state index is 12.4. The summed E-state index contributed by atoms with van der Waals surface area (Å²) in [6, 6.07) is 18.4. The highest BCUT2D eigenvalue weighted by Crippen LogP contribution is 2.23. The van der Waals surface area contributed by atoms with Gasteiger partial charge < -0.3 is 4.74 Å². The highest BCUT2D eigenvalue weighted by molar-refractivity contribution is 9.10. The smallest absolute Gasteiger partial charge is 0.343 e. The van der Waals surface area contributed by atoms with Gasteiger partial charge in [0.05, 0.1) is 16.7 Å². The molecule has 154 valence electrons. The van der Waals surface area contributed by atoms with E-state index in [1.165, 1.54) is 18.3 Å². The first-order valence-corrected chi connectivity index (χ1v) is 11.2. The molecule has 0 unspecified atom stereocenters. The number of halogens is 1. The van der Waals surface area contributed by atoms with Gasteiger partial charge in [-0.3, -0.25) is 0 Å². The van der Waals surface area contributed by atoms with Gasteiger partial charge in [-0.05, 0) is 56.3 Å². The number of benzene rings is 3. The molecule has 0 spiro atoms. The van der Waals surface area contributed by atoms with E-state index < -0.39 is 16.0 Å². The maximum Gasteiger partial charge on any atom is 0.343 e. The van der Waals surface area contributed by atoms with E-state index in [0.29, 0.717) is 11.1 Å². The van der Waals surface area contributed by atoms with Crippen LogP contribution >= 0.6 is 15.9 Å². The highest BCUT2D eigenvalue weighted by atomic mass is 79.9. The molecule has 3 rings (SSSR count). The fourth-order valence-electron chi connectivity index (χ4n) is 2.50. The van der Waals surface area contributed by atoms with Gasteiger partial charge in [0, 0.05) is 10.0 Å². The van der Waals surface area contributed by atoms with Crippen molar-refractivity contribution in [2.24, 2.45) is 5.10 Å². The van der Waals surface area contributed by atoms with Crippen LogP contribution in [0.4, 0.5) is 0 Å². The number of esters is 1. The molecule has 0 heterocycles. The SMILES string of the molecule is Cc1ccc(C(=O)Oc2ccc(Br)cc2/C=N\NS(=O)(=O)c2ccc(C)cc2)cc1. The van der Waals surface area contributed by atoms with E-state index >= 15 is 0 Å². The lowest BCUT2D eigenvalue weighted by atomic mass is 10.1. The Labute approximate surface area is 183 Å². The maximum atomic E-state index is 12.4. The molecular formula is C22H19BrN2O4S. The van der Waals surface area contributed by atoms with Crippen LogP contribution in [0.3, 0.4) is 0 Å². The zero-order valence-electron chi connectivity index (χ0n) is 16.3. The first kappa shape index (κ1) is 21.7. The van der Waals surface area contributed by atoms with Crippen LogP contribution in [0.15, 0.2) is 81.2 Å². The van der Waals surface area contributed by atoms with Crippen molar-refractivity contribution in [3.05, 3.63) is 93.5 Å². The Morgan fingerprint density at radius 3 is 2.20 bits per heavy atom. The van der Waals surface area contributed by atoms with Crippen LogP contribution < -0.4 is 9.57 Å². The van der Waals surface area contributed by atoms with Crippen molar-refractivity contribution < 1.29 is 17.9 Å². The Kier molecular flexibility index (Phi) is 6.69. The van der Waals surface area contributed by atoms with Gasteiger partial charge in [0.15, 0.2) is 0 Å². The van der Waals surface area contributed by atoms with Gasteiger partial charge in [-0.25, -0.2) is 9.63 Å². The van der Waals surface area contributed by atoms with Gasteiger partial charge in [-0.15, -0.1) is 0 Å². The molecule has 0 aromatic heterocycles. The van der Waals surface area contributed by atoms with Crippen LogP contribution in [-0.4, -0.2) is 20.6 Å². The molecule has 0 bridgehead atoms. The zero-order valence-corrected chi connectivity index (χ0v) is 18.7. The molecule has 3 aromatic carbocycles. The summed E-state index contributed by atoms with van der Waals surface area (Å²) in [5.74, 6) is -0.269. The van der Waals surface area contributed by atoms with Gasteiger partial charge in [-0.1, -0.05) is 51.3 Å². The number of nitrogens with one attached hydrogen (secondary N) is 1. The van der Waals surface area contributed by atoms with Gasteiger partial charge in [0.1, 0.15) is 5.75 Å². The number of nitrogens with zero attached hydrogens (tertiary/aromatic N) is 1. The quantitative estimate of drug-likeness (QED) is 0.239. The van der Waals surface area contributed by atoms with E-state index in [4.69, 9.17) is 4.74 Å². The second kappa shape index (κ2) is 9.23. The van der Waals surface area contributed by atoms with E-state index in [-0.39, 0.29) is 10.6 Å². The Balaban J connectivity index is 1.78. The molecule has 0 radical (unpaired) electrons. The summed E-state index contributed by atoms with van der Waals surface area (Å²) in [6.45, 7) is 3.80. The predicted octanol–water partition coefficient (Wildman–Crippen LogP) is 4.60. The number of sulfonamides is 1. The molecule has 1 N–H and O–H groups in total. The first-order valence-electron chi connectivity index (χ1n) is 8.94. The lowest BCUT2D eigenvalue weighted by molar-refractivity contribution is 0.0734. The lowest BCUT2D eigenvalue weighted by Crippen LogP contribution is -2.18. The highest BCUT2D eigenvalue weighted by Gasteiger charge is 2.14. The molecule has 0 saturated heterocycles. The number of rotatable bonds is 6. The van der Waals surface area contributed by atoms with Crippen molar-refractivity contribution >= 4 is 38.1 Å². The van der Waals surface area contributed by atoms with Crippen LogP contribution in [0.25, 0.3) is 0 Å². The van der Waals surface area contributed by atoms with Crippen molar-refractivity contribution in [1.82, 2.24) is 4.83 Å². The third-order valence-corrected chi connectivity index (χ3v) is 5.90. The lowest BCUT2D eigenvalue weighted by Gasteiger charge is -2.08. The number of aryl methyl sites for hydroxylation is 2. The summed E-state index contributed by atoms with van der Waals surface area (Å²) in [7, 11) is -3.81. The minimum Gasteiger partial charge on any atom is -0.422 e. The van der Waals surface area contributed by atoms with Crippen LogP contribution in [0, 0.1) is 13.8 Å². The minimum atomic E-state index is -3.81. The van der Waals surface area contributed by atoms with Crippen molar-refractivity contribution in [1.29, 1.82) is 0 Å². The standard InChI is InChI=1S/C22H19BrN2O4S/c1-15-3-7-17(8-4-15)22(26)29-21-12-9-19(23)13-18(21)14-24-25-30(27,28)20-10-5-16(2)6-11-20/h3-14,25H,1-2H3/b24-14-. The molecule has 0 amide bonds. The summed E-state index contributed by atoms with van der Waals surface area (Å²) in [5, 5.41) is 3.83. The molecule has 0 atom stereocenters. The van der Waals surface area contributed by atoms with E-state index in [0.717, 1.165) is 15.6 Å². The zero-order chi connectivity index (χ0) is 21.7. The second-order valence-corrected chi connectivity index (χ2v) is 9.18. The molecule has 0 fully saturated rings. The normalized spacial score (nSPS) is 11.4. The minimum absolute atomic E-state index is 0.102. The van der Waals surface area contributed by atoms with Crippen molar-refractivity contribution in [3.8, 4) is 5.75 Å². The fraction of sp³-hybridized carbons (Fsp3) is 0.0909. The molecule has 0 aliphatic carbocycles. The van der Waals surface area contributed by atoms with E-state index in [1.807, 2.05) is 26.0 Å². The molecule has 6 nitrogen and oxygen atoms in total. The summed E-state index contributed by atoms with van der Waals surface area (Å²) in [6.07, 6.45) is 1.29. The van der Waals surface area contributed by atoms with Gasteiger partial charge >= 0.3 is 5.97 Å². The van der Waals surface area contributed by atoms with E-state index in [9.17, 15) is 13.2 Å². The average Bonchev–Trinajstić information content (AvgIpc) is 2.70. The Morgan fingerprint density at radius 2 is 1.57 bits per heavy atom. The summed E-state index contributed by atoms with van der Waals surface area (Å²) in [4.78, 5) is 14.7. The van der Waals surface area contributed by atoms with Gasteiger partial charge in [0.2, 0.25) is 0 Å². The van der Waals surface area contributed by atoms with Gasteiger partial charge in [-0.2, -0.15) is 13.5 Å². The van der Waals surface area contributed by atoms with Crippen LogP contribution in [0.2, 0.25) is 0 Å². The average molecular weight is 487 g/mol. The van der Waals surface area contributed by atoms with Crippen LogP contribution in [0.5, 0.6) is 5.75 Å². The molecule has 30 heavy (non-hydrogen) atoms. The molecule has 3 aromatic rings. The largest absolute Gasteiger partial charge is 0.422 e. The fourth-order valence-corrected chi connectivity index (χ4v) is 3.67. The monoisotopic (exact) mass is 486 g/mol. The predicted molar refractivity (Wildman–Crippen MR) is 119 cm³/mol. The number of hydrogen-bond acceptors (Lipinski definition) is 5. The molecule has 0 aliphatic heterocycles. The number of ether oxygens (including phenoxy) is 1. The van der Waals surface area contributed by atoms with E-state index in [2.05, 4.69) is 25.9 Å². The summed E-state index contributed by atoms with van der Waals surface area (Å²) < 4.78 is 30.9. The van der Waals surface area contributed by atoms with Crippen LogP contribution in [-0.2, 0) is 10.0 Å². The second-order valence-electron chi connectivity index (χ2n) is 6.60. The molecule has 0 saturated carbocycles. The van der Waals surface area contributed by atoms with E-state index in [1.54, 1.807) is 42.5 Å². The van der Waals surface area contributed by atoms with Crippen molar-refractivity contribution in [3.63, 3.8) is 0 Å². The van der Waals surface area contributed by atoms with Crippen molar-refractivity contribution in [2.75, 3.05) is 0 Å². The summed E-state index contributed by atoms with van der Waals surface area (Å²) in [5.41, 5.74) is 2.82. The molecular weight excluding hydrogens is 468 g/mol. The first-order chi connectivity index (χ1) is 14.2. The summed E-state index contributed by atoms with van der Waals surface area (Å²) >= 11 is 3.35. The Hall–Kier alpha value is -2.97. The third kappa shape index (κ3) is 5.55.